The van der Waals surface area contributed by atoms with E-state index >= 15 is 0 Å². The zero-order valence-electron chi connectivity index (χ0n) is 16.9. The molecule has 4 heterocycles. The molecule has 6 heteroatoms. The van der Waals surface area contributed by atoms with Crippen molar-refractivity contribution in [2.75, 3.05) is 31.1 Å². The Hall–Kier alpha value is -2.99. The second-order valence-corrected chi connectivity index (χ2v) is 7.93. The summed E-state index contributed by atoms with van der Waals surface area (Å²) in [5, 5.41) is 0. The minimum absolute atomic E-state index is 0.590. The Morgan fingerprint density at radius 2 is 1.83 bits per heavy atom. The lowest BCUT2D eigenvalue weighted by Crippen LogP contribution is -2.49. The molecule has 1 saturated heterocycles. The number of nitrogens with zero attached hydrogens (tertiary/aromatic N) is 5. The van der Waals surface area contributed by atoms with Gasteiger partial charge in [0.05, 0.1) is 30.5 Å². The van der Waals surface area contributed by atoms with Crippen molar-refractivity contribution >= 4 is 11.5 Å². The van der Waals surface area contributed by atoms with Crippen molar-refractivity contribution in [1.82, 2.24) is 14.9 Å². The molecular weight excluding hydrogens is 362 g/mol. The summed E-state index contributed by atoms with van der Waals surface area (Å²) in [6.45, 7) is 9.31. The number of fused-ring (bicyclic) bond motifs is 1. The van der Waals surface area contributed by atoms with Crippen LogP contribution in [0.15, 0.2) is 58.6 Å². The molecule has 1 fully saturated rings. The topological polar surface area (TPSA) is 57.8 Å². The average Bonchev–Trinajstić information content (AvgIpc) is 3.43. The molecule has 0 spiro atoms. The minimum atomic E-state index is 0.590. The van der Waals surface area contributed by atoms with Crippen LogP contribution in [0.5, 0.6) is 0 Å². The fourth-order valence-electron chi connectivity index (χ4n) is 4.13. The average molecular weight is 387 g/mol. The number of benzene rings is 1. The molecule has 29 heavy (non-hydrogen) atoms. The van der Waals surface area contributed by atoms with E-state index in [1.165, 1.54) is 5.56 Å². The molecule has 0 bridgehead atoms. The second kappa shape index (κ2) is 7.44. The molecule has 0 amide bonds. The van der Waals surface area contributed by atoms with Gasteiger partial charge in [-0.1, -0.05) is 12.1 Å². The molecule has 6 nitrogen and oxygen atoms in total. The SMILES string of the molecule is CC(C)N1CCN(c2cc(C3=NCc4ccc(-c5ccoc5)cc43)ncn2)CC1. The van der Waals surface area contributed by atoms with E-state index in [4.69, 9.17) is 9.41 Å². The van der Waals surface area contributed by atoms with Gasteiger partial charge in [-0.2, -0.15) is 0 Å². The molecule has 3 aromatic rings. The molecular formula is C23H25N5O. The van der Waals surface area contributed by atoms with Crippen molar-refractivity contribution in [2.24, 2.45) is 4.99 Å². The first-order valence-electron chi connectivity index (χ1n) is 10.2. The highest BCUT2D eigenvalue weighted by molar-refractivity contribution is 6.14. The molecule has 2 aliphatic heterocycles. The number of aromatic nitrogens is 2. The van der Waals surface area contributed by atoms with Crippen LogP contribution in [0.1, 0.15) is 30.7 Å². The predicted octanol–water partition coefficient (Wildman–Crippen LogP) is 3.62. The first-order valence-corrected chi connectivity index (χ1v) is 10.2. The predicted molar refractivity (Wildman–Crippen MR) is 114 cm³/mol. The van der Waals surface area contributed by atoms with Crippen LogP contribution < -0.4 is 4.90 Å². The molecule has 148 valence electrons. The Kier molecular flexibility index (Phi) is 4.64. The van der Waals surface area contributed by atoms with Crippen molar-refractivity contribution < 1.29 is 4.42 Å². The lowest BCUT2D eigenvalue weighted by molar-refractivity contribution is 0.209. The quantitative estimate of drug-likeness (QED) is 0.684. The van der Waals surface area contributed by atoms with Gasteiger partial charge >= 0.3 is 0 Å². The van der Waals surface area contributed by atoms with Crippen LogP contribution in [0.3, 0.4) is 0 Å². The lowest BCUT2D eigenvalue weighted by atomic mass is 9.98. The third-order valence-electron chi connectivity index (χ3n) is 5.89. The van der Waals surface area contributed by atoms with Crippen LogP contribution in [0.4, 0.5) is 5.82 Å². The minimum Gasteiger partial charge on any atom is -0.472 e. The molecule has 0 radical (unpaired) electrons. The Morgan fingerprint density at radius 1 is 0.966 bits per heavy atom. The largest absolute Gasteiger partial charge is 0.472 e. The van der Waals surface area contributed by atoms with Gasteiger partial charge in [0.1, 0.15) is 12.1 Å². The van der Waals surface area contributed by atoms with E-state index in [-0.39, 0.29) is 0 Å². The van der Waals surface area contributed by atoms with E-state index in [0.29, 0.717) is 12.6 Å². The number of piperazine rings is 1. The van der Waals surface area contributed by atoms with E-state index in [9.17, 15) is 0 Å². The van der Waals surface area contributed by atoms with Gasteiger partial charge in [0.25, 0.3) is 0 Å². The lowest BCUT2D eigenvalue weighted by Gasteiger charge is -2.37. The fraction of sp³-hybridized carbons (Fsp3) is 0.348. The normalized spacial score (nSPS) is 16.9. The second-order valence-electron chi connectivity index (χ2n) is 7.93. The molecule has 5 rings (SSSR count). The van der Waals surface area contributed by atoms with Gasteiger partial charge < -0.3 is 9.32 Å². The van der Waals surface area contributed by atoms with Crippen LogP contribution in [-0.2, 0) is 6.54 Å². The Balaban J connectivity index is 1.41. The molecule has 1 aromatic carbocycles. The molecule has 2 aliphatic rings. The number of rotatable bonds is 4. The number of furan rings is 1. The van der Waals surface area contributed by atoms with Crippen LogP contribution >= 0.6 is 0 Å². The number of hydrogen-bond donors (Lipinski definition) is 0. The first kappa shape index (κ1) is 18.1. The van der Waals surface area contributed by atoms with Crippen molar-refractivity contribution in [2.45, 2.75) is 26.4 Å². The van der Waals surface area contributed by atoms with Gasteiger partial charge in [0.15, 0.2) is 0 Å². The van der Waals surface area contributed by atoms with Crippen molar-refractivity contribution in [1.29, 1.82) is 0 Å². The maximum Gasteiger partial charge on any atom is 0.132 e. The summed E-state index contributed by atoms with van der Waals surface area (Å²) in [5.41, 5.74) is 6.44. The zero-order valence-corrected chi connectivity index (χ0v) is 16.9. The van der Waals surface area contributed by atoms with Crippen molar-refractivity contribution in [3.63, 3.8) is 0 Å². The maximum absolute atomic E-state index is 5.25. The van der Waals surface area contributed by atoms with E-state index in [1.807, 2.05) is 6.07 Å². The summed E-state index contributed by atoms with van der Waals surface area (Å²) in [7, 11) is 0. The molecule has 0 N–H and O–H groups in total. The number of hydrogen-bond acceptors (Lipinski definition) is 6. The van der Waals surface area contributed by atoms with Gasteiger partial charge in [0.2, 0.25) is 0 Å². The van der Waals surface area contributed by atoms with Crippen LogP contribution in [0, 0.1) is 0 Å². The Labute approximate surface area is 170 Å². The standard InChI is InChI=1S/C23H25N5O/c1-16(2)27-6-8-28(9-7-27)22-12-21(25-15-26-22)23-20-11-17(19-5-10-29-14-19)3-4-18(20)13-24-23/h3-5,10-12,14-16H,6-9,13H2,1-2H3. The molecule has 2 aromatic heterocycles. The summed E-state index contributed by atoms with van der Waals surface area (Å²) in [6.07, 6.45) is 5.14. The van der Waals surface area contributed by atoms with E-state index in [1.54, 1.807) is 18.9 Å². The number of aliphatic imine (C=N–C) groups is 1. The highest BCUT2D eigenvalue weighted by Gasteiger charge is 2.23. The van der Waals surface area contributed by atoms with E-state index in [2.05, 4.69) is 57.9 Å². The van der Waals surface area contributed by atoms with Crippen LogP contribution in [-0.4, -0.2) is 52.8 Å². The molecule has 0 saturated carbocycles. The summed E-state index contributed by atoms with van der Waals surface area (Å²) in [5.74, 6) is 0.987. The van der Waals surface area contributed by atoms with Gasteiger partial charge in [0, 0.05) is 49.4 Å². The summed E-state index contributed by atoms with van der Waals surface area (Å²) < 4.78 is 5.25. The first-order chi connectivity index (χ1) is 14.2. The maximum atomic E-state index is 5.25. The Morgan fingerprint density at radius 3 is 2.59 bits per heavy atom. The highest BCUT2D eigenvalue weighted by atomic mass is 16.3. The molecule has 0 aliphatic carbocycles. The smallest absolute Gasteiger partial charge is 0.132 e. The number of anilines is 1. The molecule has 0 unspecified atom stereocenters. The van der Waals surface area contributed by atoms with Crippen LogP contribution in [0.2, 0.25) is 0 Å². The monoisotopic (exact) mass is 387 g/mol. The van der Waals surface area contributed by atoms with Gasteiger partial charge in [-0.15, -0.1) is 0 Å². The molecule has 0 atom stereocenters. The van der Waals surface area contributed by atoms with Gasteiger partial charge in [-0.3, -0.25) is 9.89 Å². The van der Waals surface area contributed by atoms with E-state index < -0.39 is 0 Å². The highest BCUT2D eigenvalue weighted by Crippen LogP contribution is 2.29. The Bertz CT molecular complexity index is 1030. The van der Waals surface area contributed by atoms with E-state index in [0.717, 1.165) is 60.1 Å². The third kappa shape index (κ3) is 3.44. The zero-order chi connectivity index (χ0) is 19.8. The third-order valence-corrected chi connectivity index (χ3v) is 5.89. The van der Waals surface area contributed by atoms with Crippen LogP contribution in [0.25, 0.3) is 11.1 Å². The fourth-order valence-corrected chi connectivity index (χ4v) is 4.13. The summed E-state index contributed by atoms with van der Waals surface area (Å²) in [4.78, 5) is 18.8. The summed E-state index contributed by atoms with van der Waals surface area (Å²) >= 11 is 0. The summed E-state index contributed by atoms with van der Waals surface area (Å²) in [6, 6.07) is 11.1. The van der Waals surface area contributed by atoms with Gasteiger partial charge in [-0.25, -0.2) is 9.97 Å². The van der Waals surface area contributed by atoms with Gasteiger partial charge in [-0.05, 0) is 37.1 Å². The van der Waals surface area contributed by atoms with Crippen molar-refractivity contribution in [3.05, 3.63) is 66.0 Å². The van der Waals surface area contributed by atoms with Crippen molar-refractivity contribution in [3.8, 4) is 11.1 Å².